The van der Waals surface area contributed by atoms with Crippen LogP contribution in [0, 0.1) is 0 Å². The van der Waals surface area contributed by atoms with Gasteiger partial charge >= 0.3 is 0 Å². The van der Waals surface area contributed by atoms with Gasteiger partial charge in [0.1, 0.15) is 5.82 Å². The number of rotatable bonds is 0. The summed E-state index contributed by atoms with van der Waals surface area (Å²) in [6.07, 6.45) is 5.34. The first-order valence-corrected chi connectivity index (χ1v) is 5.78. The summed E-state index contributed by atoms with van der Waals surface area (Å²) in [6.45, 7) is 0. The Hall–Kier alpha value is -1.29. The van der Waals surface area contributed by atoms with Crippen molar-refractivity contribution < 1.29 is 4.79 Å². The Bertz CT molecular complexity index is 457. The van der Waals surface area contributed by atoms with E-state index in [-0.39, 0.29) is 11.4 Å². The second-order valence-electron chi connectivity index (χ2n) is 4.53. The molecule has 4 nitrogen and oxygen atoms in total. The van der Waals surface area contributed by atoms with Crippen molar-refractivity contribution in [2.24, 2.45) is 0 Å². The van der Waals surface area contributed by atoms with Crippen LogP contribution in [0.4, 0.5) is 11.5 Å². The molecule has 0 atom stereocenters. The molecule has 1 fully saturated rings. The van der Waals surface area contributed by atoms with Gasteiger partial charge in [0.25, 0.3) is 0 Å². The van der Waals surface area contributed by atoms with Crippen LogP contribution in [0.15, 0.2) is 12.3 Å². The maximum absolute atomic E-state index is 11.7. The molecule has 1 aromatic heterocycles. The minimum Gasteiger partial charge on any atom is -0.362 e. The fraction of sp³-hybridized carbons (Fsp3) is 0.455. The van der Waals surface area contributed by atoms with Gasteiger partial charge in [-0.2, -0.15) is 0 Å². The van der Waals surface area contributed by atoms with Gasteiger partial charge in [0.15, 0.2) is 0 Å². The Kier molecular flexibility index (Phi) is 2.07. The minimum atomic E-state index is -0.0733. The molecular formula is C11H12ClN3O. The molecule has 1 saturated carbocycles. The molecule has 0 radical (unpaired) electrons. The van der Waals surface area contributed by atoms with Crippen LogP contribution in [0.5, 0.6) is 0 Å². The third kappa shape index (κ3) is 1.53. The number of hydrogen-bond donors (Lipinski definition) is 2. The van der Waals surface area contributed by atoms with Crippen LogP contribution in [0.25, 0.3) is 0 Å². The molecule has 1 aromatic rings. The summed E-state index contributed by atoms with van der Waals surface area (Å²) in [5.41, 5.74) is 0.608. The van der Waals surface area contributed by atoms with E-state index in [1.165, 1.54) is 6.42 Å². The van der Waals surface area contributed by atoms with Gasteiger partial charge in [-0.05, 0) is 25.3 Å². The molecule has 1 spiro atoms. The molecule has 3 rings (SSSR count). The number of amides is 1. The monoisotopic (exact) mass is 237 g/mol. The van der Waals surface area contributed by atoms with Crippen LogP contribution < -0.4 is 10.6 Å². The Balaban J connectivity index is 2.01. The molecule has 1 aliphatic carbocycles. The van der Waals surface area contributed by atoms with E-state index in [1.807, 2.05) is 0 Å². The summed E-state index contributed by atoms with van der Waals surface area (Å²) in [7, 11) is 0. The number of aromatic nitrogens is 1. The zero-order valence-corrected chi connectivity index (χ0v) is 9.47. The van der Waals surface area contributed by atoms with Gasteiger partial charge in [0, 0.05) is 18.2 Å². The molecular weight excluding hydrogens is 226 g/mol. The van der Waals surface area contributed by atoms with Crippen molar-refractivity contribution >= 4 is 29.0 Å². The number of nitrogens with zero attached hydrogens (tertiary/aromatic N) is 1. The van der Waals surface area contributed by atoms with Crippen LogP contribution in [0.3, 0.4) is 0 Å². The molecule has 16 heavy (non-hydrogen) atoms. The predicted molar refractivity (Wildman–Crippen MR) is 62.7 cm³/mol. The van der Waals surface area contributed by atoms with Crippen LogP contribution in [-0.4, -0.2) is 16.4 Å². The van der Waals surface area contributed by atoms with Crippen LogP contribution >= 0.6 is 11.6 Å². The SMILES string of the molecule is O=C1CC2(CCC2)Nc2ncc(Cl)cc2N1. The lowest BCUT2D eigenvalue weighted by molar-refractivity contribution is -0.117. The van der Waals surface area contributed by atoms with Gasteiger partial charge < -0.3 is 10.6 Å². The lowest BCUT2D eigenvalue weighted by atomic mass is 9.74. The average molecular weight is 238 g/mol. The molecule has 2 heterocycles. The number of nitrogens with one attached hydrogen (secondary N) is 2. The normalized spacial score (nSPS) is 21.4. The van der Waals surface area contributed by atoms with E-state index < -0.39 is 0 Å². The highest BCUT2D eigenvalue weighted by Gasteiger charge is 2.41. The first-order valence-electron chi connectivity index (χ1n) is 5.41. The third-order valence-corrected chi connectivity index (χ3v) is 3.53. The summed E-state index contributed by atoms with van der Waals surface area (Å²) in [5, 5.41) is 6.75. The molecule has 0 bridgehead atoms. The summed E-state index contributed by atoms with van der Waals surface area (Å²) >= 11 is 5.86. The second kappa shape index (κ2) is 3.35. The van der Waals surface area contributed by atoms with Crippen molar-refractivity contribution in [2.75, 3.05) is 10.6 Å². The lowest BCUT2D eigenvalue weighted by Crippen LogP contribution is -2.46. The molecule has 0 saturated heterocycles. The topological polar surface area (TPSA) is 54.0 Å². The molecule has 84 valence electrons. The van der Waals surface area contributed by atoms with Gasteiger partial charge in [0.05, 0.1) is 10.7 Å². The van der Waals surface area contributed by atoms with Gasteiger partial charge in [-0.15, -0.1) is 0 Å². The number of carbonyl (C=O) groups excluding carboxylic acids is 1. The van der Waals surface area contributed by atoms with Crippen LogP contribution in [-0.2, 0) is 4.79 Å². The number of anilines is 2. The highest BCUT2D eigenvalue weighted by atomic mass is 35.5. The average Bonchev–Trinajstić information content (AvgIpc) is 2.32. The quantitative estimate of drug-likeness (QED) is 0.729. The maximum Gasteiger partial charge on any atom is 0.226 e. The zero-order chi connectivity index (χ0) is 11.2. The summed E-state index contributed by atoms with van der Waals surface area (Å²) in [6, 6.07) is 1.73. The molecule has 1 amide bonds. The Labute approximate surface area is 98.4 Å². The van der Waals surface area contributed by atoms with Crippen molar-refractivity contribution in [1.82, 2.24) is 4.98 Å². The molecule has 2 aliphatic rings. The molecule has 2 N–H and O–H groups in total. The highest BCUT2D eigenvalue weighted by molar-refractivity contribution is 6.30. The third-order valence-electron chi connectivity index (χ3n) is 3.32. The first kappa shape index (κ1) is 9.90. The van der Waals surface area contributed by atoms with Gasteiger partial charge in [-0.1, -0.05) is 11.6 Å². The lowest BCUT2D eigenvalue weighted by Gasteiger charge is -2.41. The first-order chi connectivity index (χ1) is 7.67. The molecule has 0 aromatic carbocycles. The van der Waals surface area contributed by atoms with Gasteiger partial charge in [0.2, 0.25) is 5.91 Å². The summed E-state index contributed by atoms with van der Waals surface area (Å²) in [5.74, 6) is 0.768. The number of pyridine rings is 1. The molecule has 1 aliphatic heterocycles. The number of carbonyl (C=O) groups is 1. The minimum absolute atomic E-state index is 0.0371. The fourth-order valence-corrected chi connectivity index (χ4v) is 2.49. The van der Waals surface area contributed by atoms with E-state index >= 15 is 0 Å². The summed E-state index contributed by atoms with van der Waals surface area (Å²) in [4.78, 5) is 16.0. The Morgan fingerprint density at radius 3 is 2.94 bits per heavy atom. The maximum atomic E-state index is 11.7. The molecule has 0 unspecified atom stereocenters. The van der Waals surface area contributed by atoms with E-state index in [0.717, 1.165) is 18.7 Å². The largest absolute Gasteiger partial charge is 0.362 e. The van der Waals surface area contributed by atoms with E-state index in [0.29, 0.717) is 17.1 Å². The second-order valence-corrected chi connectivity index (χ2v) is 4.97. The Morgan fingerprint density at radius 1 is 1.44 bits per heavy atom. The molecule has 5 heteroatoms. The fourth-order valence-electron chi connectivity index (χ4n) is 2.34. The van der Waals surface area contributed by atoms with Gasteiger partial charge in [-0.25, -0.2) is 4.98 Å². The number of hydrogen-bond acceptors (Lipinski definition) is 3. The van der Waals surface area contributed by atoms with E-state index in [9.17, 15) is 4.79 Å². The van der Waals surface area contributed by atoms with Crippen molar-refractivity contribution in [3.05, 3.63) is 17.3 Å². The number of fused-ring (bicyclic) bond motifs is 1. The smallest absolute Gasteiger partial charge is 0.226 e. The highest BCUT2D eigenvalue weighted by Crippen LogP contribution is 2.41. The standard InChI is InChI=1S/C11H12ClN3O/c12-7-4-8-10(13-6-7)15-11(2-1-3-11)5-9(16)14-8/h4,6H,1-3,5H2,(H,13,15)(H,14,16). The van der Waals surface area contributed by atoms with Crippen LogP contribution in [0.2, 0.25) is 5.02 Å². The van der Waals surface area contributed by atoms with Crippen molar-refractivity contribution in [1.29, 1.82) is 0 Å². The van der Waals surface area contributed by atoms with E-state index in [1.54, 1.807) is 12.3 Å². The van der Waals surface area contributed by atoms with Crippen molar-refractivity contribution in [3.63, 3.8) is 0 Å². The zero-order valence-electron chi connectivity index (χ0n) is 8.72. The predicted octanol–water partition coefficient (Wildman–Crippen LogP) is 2.41. The van der Waals surface area contributed by atoms with E-state index in [2.05, 4.69) is 15.6 Å². The van der Waals surface area contributed by atoms with Crippen LogP contribution in [0.1, 0.15) is 25.7 Å². The van der Waals surface area contributed by atoms with Crippen molar-refractivity contribution in [3.8, 4) is 0 Å². The number of halogens is 1. The van der Waals surface area contributed by atoms with E-state index in [4.69, 9.17) is 11.6 Å². The van der Waals surface area contributed by atoms with Crippen molar-refractivity contribution in [2.45, 2.75) is 31.2 Å². The van der Waals surface area contributed by atoms with Gasteiger partial charge in [-0.3, -0.25) is 4.79 Å². The summed E-state index contributed by atoms with van der Waals surface area (Å²) < 4.78 is 0. The Morgan fingerprint density at radius 2 is 2.25 bits per heavy atom.